The van der Waals surface area contributed by atoms with Gasteiger partial charge >= 0.3 is 6.03 Å². The molecular formula is C28H25N5O5. The molecule has 2 atom stereocenters. The number of nitrogens with one attached hydrogen (secondary N) is 1. The number of anilines is 3. The third kappa shape index (κ3) is 3.52. The predicted octanol–water partition coefficient (Wildman–Crippen LogP) is 3.42. The second-order valence-corrected chi connectivity index (χ2v) is 9.94. The first-order valence-electron chi connectivity index (χ1n) is 12.4. The van der Waals surface area contributed by atoms with E-state index in [1.54, 1.807) is 30.3 Å². The molecule has 1 spiro atoms. The van der Waals surface area contributed by atoms with Crippen molar-refractivity contribution in [3.05, 3.63) is 94.0 Å². The van der Waals surface area contributed by atoms with E-state index in [2.05, 4.69) is 10.2 Å². The van der Waals surface area contributed by atoms with Gasteiger partial charge in [0.2, 0.25) is 5.91 Å². The first-order valence-corrected chi connectivity index (χ1v) is 12.4. The fraction of sp³-hybridized carbons (Fsp3) is 0.250. The van der Waals surface area contributed by atoms with Crippen LogP contribution in [0.5, 0.6) is 0 Å². The molecule has 6 rings (SSSR count). The number of piperazine rings is 1. The largest absolute Gasteiger partial charge is 0.368 e. The second kappa shape index (κ2) is 8.69. The molecule has 0 radical (unpaired) electrons. The number of nitrogens with zero attached hydrogens (tertiary/aromatic N) is 4. The van der Waals surface area contributed by atoms with Crippen molar-refractivity contribution in [1.82, 2.24) is 5.32 Å². The topological polar surface area (TPSA) is 116 Å². The molecule has 3 aliphatic rings. The number of imide groups is 2. The first-order chi connectivity index (χ1) is 18.3. The molecule has 3 aliphatic heterocycles. The van der Waals surface area contributed by atoms with E-state index in [0.29, 0.717) is 30.9 Å². The molecule has 10 heteroatoms. The Bertz CT molecular complexity index is 1470. The average Bonchev–Trinajstić information content (AvgIpc) is 2.92. The maximum absolute atomic E-state index is 14.4. The number of hydrogen-bond donors (Lipinski definition) is 1. The number of carbonyl (C=O) groups is 3. The average molecular weight is 512 g/mol. The molecule has 2 saturated heterocycles. The molecule has 0 aromatic heterocycles. The van der Waals surface area contributed by atoms with Crippen molar-refractivity contribution in [3.8, 4) is 0 Å². The SMILES string of the molecule is Cc1ccc(N2C(=O)NC(=O)[C@@]3(Cc4cc([N+](=O)[O-])ccc4N4CCN(c5ccccc5)C[C@@H]43)C2=O)cc1. The lowest BCUT2D eigenvalue weighted by Gasteiger charge is -2.55. The van der Waals surface area contributed by atoms with Gasteiger partial charge in [0.05, 0.1) is 16.7 Å². The molecule has 3 heterocycles. The predicted molar refractivity (Wildman–Crippen MR) is 141 cm³/mol. The van der Waals surface area contributed by atoms with E-state index in [4.69, 9.17) is 0 Å². The molecule has 4 amide bonds. The van der Waals surface area contributed by atoms with Gasteiger partial charge in [0, 0.05) is 49.6 Å². The van der Waals surface area contributed by atoms with E-state index in [1.165, 1.54) is 12.1 Å². The summed E-state index contributed by atoms with van der Waals surface area (Å²) < 4.78 is 0. The van der Waals surface area contributed by atoms with Crippen LogP contribution in [0, 0.1) is 22.5 Å². The van der Waals surface area contributed by atoms with Crippen LogP contribution in [0.25, 0.3) is 0 Å². The van der Waals surface area contributed by atoms with Gasteiger partial charge in [-0.2, -0.15) is 0 Å². The molecule has 192 valence electrons. The van der Waals surface area contributed by atoms with Gasteiger partial charge < -0.3 is 9.80 Å². The Labute approximate surface area is 218 Å². The van der Waals surface area contributed by atoms with Gasteiger partial charge in [-0.15, -0.1) is 0 Å². The number of non-ortho nitro benzene ring substituents is 1. The second-order valence-electron chi connectivity index (χ2n) is 9.94. The summed E-state index contributed by atoms with van der Waals surface area (Å²) in [5, 5.41) is 14.0. The van der Waals surface area contributed by atoms with Crippen LogP contribution in [0.15, 0.2) is 72.8 Å². The maximum Gasteiger partial charge on any atom is 0.335 e. The van der Waals surface area contributed by atoms with Crippen LogP contribution in [0.3, 0.4) is 0 Å². The summed E-state index contributed by atoms with van der Waals surface area (Å²) in [5.74, 6) is -1.31. The van der Waals surface area contributed by atoms with Crippen molar-refractivity contribution in [3.63, 3.8) is 0 Å². The van der Waals surface area contributed by atoms with E-state index in [1.807, 2.05) is 42.2 Å². The van der Waals surface area contributed by atoms with Crippen LogP contribution in [0.1, 0.15) is 11.1 Å². The zero-order valence-electron chi connectivity index (χ0n) is 20.7. The number of carbonyl (C=O) groups excluding carboxylic acids is 3. The van der Waals surface area contributed by atoms with Crippen molar-refractivity contribution in [1.29, 1.82) is 0 Å². The Morgan fingerprint density at radius 1 is 0.947 bits per heavy atom. The Balaban J connectivity index is 1.50. The van der Waals surface area contributed by atoms with Crippen LogP contribution >= 0.6 is 0 Å². The summed E-state index contributed by atoms with van der Waals surface area (Å²) in [7, 11) is 0. The summed E-state index contributed by atoms with van der Waals surface area (Å²) in [6, 6.07) is 19.8. The summed E-state index contributed by atoms with van der Waals surface area (Å²) in [4.78, 5) is 57.4. The normalized spacial score (nSPS) is 22.7. The number of barbiturate groups is 1. The molecule has 0 bridgehead atoms. The van der Waals surface area contributed by atoms with E-state index in [9.17, 15) is 24.5 Å². The molecule has 0 saturated carbocycles. The van der Waals surface area contributed by atoms with Crippen molar-refractivity contribution < 1.29 is 19.3 Å². The monoisotopic (exact) mass is 511 g/mol. The quantitative estimate of drug-likeness (QED) is 0.325. The summed E-state index contributed by atoms with van der Waals surface area (Å²) >= 11 is 0. The molecule has 10 nitrogen and oxygen atoms in total. The molecule has 3 aromatic rings. The Hall–Kier alpha value is -4.73. The van der Waals surface area contributed by atoms with Gasteiger partial charge in [-0.05, 0) is 42.8 Å². The molecule has 1 N–H and O–H groups in total. The minimum Gasteiger partial charge on any atom is -0.368 e. The summed E-state index contributed by atoms with van der Waals surface area (Å²) in [6.45, 7) is 3.38. The lowest BCUT2D eigenvalue weighted by molar-refractivity contribution is -0.384. The number of amides is 4. The third-order valence-corrected chi connectivity index (χ3v) is 7.83. The number of aryl methyl sites for hydroxylation is 1. The van der Waals surface area contributed by atoms with Crippen LogP contribution in [0.4, 0.5) is 27.5 Å². The zero-order valence-corrected chi connectivity index (χ0v) is 20.7. The number of nitro benzene ring substituents is 1. The lowest BCUT2D eigenvalue weighted by Crippen LogP contribution is -2.75. The fourth-order valence-corrected chi connectivity index (χ4v) is 5.92. The highest BCUT2D eigenvalue weighted by Gasteiger charge is 2.63. The summed E-state index contributed by atoms with van der Waals surface area (Å²) in [6.07, 6.45) is -0.0614. The lowest BCUT2D eigenvalue weighted by atomic mass is 9.67. The number of urea groups is 1. The Morgan fingerprint density at radius 3 is 2.39 bits per heavy atom. The number of para-hydroxylation sites is 1. The van der Waals surface area contributed by atoms with E-state index in [0.717, 1.165) is 21.8 Å². The Kier molecular flexibility index (Phi) is 5.41. The van der Waals surface area contributed by atoms with E-state index < -0.39 is 34.2 Å². The van der Waals surface area contributed by atoms with Crippen LogP contribution in [-0.4, -0.2) is 48.4 Å². The molecule has 0 aliphatic carbocycles. The molecule has 2 fully saturated rings. The highest BCUT2D eigenvalue weighted by molar-refractivity contribution is 6.30. The zero-order chi connectivity index (χ0) is 26.6. The number of nitro groups is 1. The van der Waals surface area contributed by atoms with Crippen LogP contribution in [-0.2, 0) is 16.0 Å². The van der Waals surface area contributed by atoms with Gasteiger partial charge in [-0.1, -0.05) is 35.9 Å². The number of rotatable bonds is 3. The van der Waals surface area contributed by atoms with Gasteiger partial charge in [0.25, 0.3) is 11.6 Å². The standard InChI is InChI=1S/C28H25N5O5/c1-18-7-9-21(10-8-18)32-26(35)28(25(34)29-27(32)36)16-19-15-22(33(37)38)11-12-23(19)31-14-13-30(17-24(28)31)20-5-3-2-4-6-20/h2-12,15,24H,13-14,16-17H2,1H3,(H,29,34,36)/t24-,28+/m1/s1. The van der Waals surface area contributed by atoms with Crippen molar-refractivity contribution in [2.24, 2.45) is 5.41 Å². The smallest absolute Gasteiger partial charge is 0.335 e. The number of fused-ring (bicyclic) bond motifs is 4. The van der Waals surface area contributed by atoms with E-state index in [-0.39, 0.29) is 12.1 Å². The van der Waals surface area contributed by atoms with Crippen molar-refractivity contribution >= 4 is 40.6 Å². The Morgan fingerprint density at radius 2 is 1.68 bits per heavy atom. The highest BCUT2D eigenvalue weighted by atomic mass is 16.6. The van der Waals surface area contributed by atoms with Gasteiger partial charge in [-0.25, -0.2) is 9.69 Å². The van der Waals surface area contributed by atoms with E-state index >= 15 is 0 Å². The molecule has 0 unspecified atom stereocenters. The molecule has 3 aromatic carbocycles. The van der Waals surface area contributed by atoms with Crippen molar-refractivity contribution in [2.75, 3.05) is 34.3 Å². The first kappa shape index (κ1) is 23.7. The maximum atomic E-state index is 14.4. The minimum absolute atomic E-state index is 0.0614. The molecular weight excluding hydrogens is 486 g/mol. The number of benzene rings is 3. The van der Waals surface area contributed by atoms with Crippen LogP contribution in [0.2, 0.25) is 0 Å². The highest BCUT2D eigenvalue weighted by Crippen LogP contribution is 2.47. The van der Waals surface area contributed by atoms with Gasteiger partial charge in [0.1, 0.15) is 0 Å². The molecule has 38 heavy (non-hydrogen) atoms. The van der Waals surface area contributed by atoms with Gasteiger partial charge in [-0.3, -0.25) is 25.0 Å². The van der Waals surface area contributed by atoms with Gasteiger partial charge in [0.15, 0.2) is 5.41 Å². The fourth-order valence-electron chi connectivity index (χ4n) is 5.92. The summed E-state index contributed by atoms with van der Waals surface area (Å²) in [5.41, 5.74) is 1.79. The number of hydrogen-bond acceptors (Lipinski definition) is 7. The third-order valence-electron chi connectivity index (χ3n) is 7.83. The van der Waals surface area contributed by atoms with Crippen molar-refractivity contribution in [2.45, 2.75) is 19.4 Å². The minimum atomic E-state index is -1.67. The van der Waals surface area contributed by atoms with Crippen LogP contribution < -0.4 is 20.0 Å².